The summed E-state index contributed by atoms with van der Waals surface area (Å²) in [7, 11) is 0. The zero-order valence-corrected chi connectivity index (χ0v) is 15.6. The van der Waals surface area contributed by atoms with Crippen LogP contribution in [0.15, 0.2) is 35.4 Å². The number of H-pyrrole nitrogens is 2. The van der Waals surface area contributed by atoms with Crippen LogP contribution in [0.2, 0.25) is 0 Å². The number of pyridine rings is 1. The van der Waals surface area contributed by atoms with Crippen molar-refractivity contribution < 1.29 is 14.0 Å². The minimum Gasteiger partial charge on any atom is -0.350 e. The van der Waals surface area contributed by atoms with Gasteiger partial charge in [-0.15, -0.1) is 0 Å². The molecule has 4 N–H and O–H groups in total. The normalized spacial score (nSPS) is 11.4. The van der Waals surface area contributed by atoms with Gasteiger partial charge in [0.05, 0.1) is 11.1 Å². The number of nitrogens with one attached hydrogen (secondary N) is 4. The number of halogens is 1. The van der Waals surface area contributed by atoms with Crippen LogP contribution in [0, 0.1) is 12.7 Å². The highest BCUT2D eigenvalue weighted by molar-refractivity contribution is 5.99. The largest absolute Gasteiger partial charge is 0.350 e. The molecule has 28 heavy (non-hydrogen) atoms. The molecule has 0 spiro atoms. The quantitative estimate of drug-likeness (QED) is 0.534. The van der Waals surface area contributed by atoms with E-state index in [0.29, 0.717) is 16.5 Å². The molecular weight excluding hydrogens is 365 g/mol. The van der Waals surface area contributed by atoms with Crippen molar-refractivity contribution in [3.8, 4) is 0 Å². The predicted octanol–water partition coefficient (Wildman–Crippen LogP) is 1.64. The van der Waals surface area contributed by atoms with E-state index in [0.717, 1.165) is 0 Å². The Morgan fingerprint density at radius 1 is 1.18 bits per heavy atom. The number of fused-ring (bicyclic) bond motifs is 1. The summed E-state index contributed by atoms with van der Waals surface area (Å²) >= 11 is 0. The molecule has 0 aliphatic carbocycles. The van der Waals surface area contributed by atoms with Gasteiger partial charge < -0.3 is 20.6 Å². The van der Waals surface area contributed by atoms with Gasteiger partial charge in [-0.1, -0.05) is 0 Å². The lowest BCUT2D eigenvalue weighted by atomic mass is 10.0. The van der Waals surface area contributed by atoms with Gasteiger partial charge in [0.2, 0.25) is 0 Å². The second kappa shape index (κ2) is 7.26. The molecule has 0 aliphatic rings. The van der Waals surface area contributed by atoms with Crippen molar-refractivity contribution >= 4 is 22.6 Å². The summed E-state index contributed by atoms with van der Waals surface area (Å²) in [4.78, 5) is 44.9. The van der Waals surface area contributed by atoms with E-state index < -0.39 is 28.9 Å². The topological polar surface area (TPSA) is 120 Å². The molecule has 2 heterocycles. The van der Waals surface area contributed by atoms with Gasteiger partial charge in [0.1, 0.15) is 11.5 Å². The molecule has 1 aromatic carbocycles. The number of hydrogen-bond acceptors (Lipinski definition) is 4. The summed E-state index contributed by atoms with van der Waals surface area (Å²) < 4.78 is 14.3. The second-order valence-electron chi connectivity index (χ2n) is 7.15. The lowest BCUT2D eigenvalue weighted by Crippen LogP contribution is -2.51. The maximum Gasteiger partial charge on any atom is 0.323 e. The van der Waals surface area contributed by atoms with Gasteiger partial charge in [0, 0.05) is 30.0 Å². The van der Waals surface area contributed by atoms with E-state index in [-0.39, 0.29) is 17.8 Å². The van der Waals surface area contributed by atoms with Crippen molar-refractivity contribution in [2.75, 3.05) is 6.54 Å². The molecule has 0 fully saturated rings. The zero-order valence-electron chi connectivity index (χ0n) is 15.6. The van der Waals surface area contributed by atoms with Crippen LogP contribution in [0.25, 0.3) is 10.8 Å². The van der Waals surface area contributed by atoms with Gasteiger partial charge >= 0.3 is 5.69 Å². The van der Waals surface area contributed by atoms with Crippen LogP contribution < -0.4 is 16.3 Å². The molecule has 3 aromatic rings. The van der Waals surface area contributed by atoms with Crippen LogP contribution in [0.1, 0.15) is 40.4 Å². The van der Waals surface area contributed by atoms with E-state index in [4.69, 9.17) is 0 Å². The third-order valence-electron chi connectivity index (χ3n) is 4.26. The number of nitrogens with zero attached hydrogens (tertiary/aromatic N) is 1. The van der Waals surface area contributed by atoms with E-state index in [2.05, 4.69) is 25.6 Å². The fraction of sp³-hybridized carbons (Fsp3) is 0.263. The van der Waals surface area contributed by atoms with Crippen LogP contribution in [0.3, 0.4) is 0 Å². The standard InChI is InChI=1S/C19H20FN5O3/c1-10-15(24-18(28)23-10)17(27)25-19(2,3)9-22-16(26)13-6-12-8-21-5-4-11(12)7-14(13)20/h4-8H,9H2,1-3H3,(H,22,26)(H,25,27)(H2,23,24,28). The third kappa shape index (κ3) is 4.08. The van der Waals surface area contributed by atoms with Crippen molar-refractivity contribution in [1.29, 1.82) is 0 Å². The number of hydrogen-bond donors (Lipinski definition) is 4. The average molecular weight is 385 g/mol. The summed E-state index contributed by atoms with van der Waals surface area (Å²) in [6.07, 6.45) is 3.10. The number of rotatable bonds is 5. The molecular formula is C19H20FN5O3. The number of aryl methyl sites for hydroxylation is 1. The van der Waals surface area contributed by atoms with E-state index in [1.54, 1.807) is 39.2 Å². The molecule has 0 saturated carbocycles. The van der Waals surface area contributed by atoms with Crippen LogP contribution in [-0.4, -0.2) is 38.8 Å². The smallest absolute Gasteiger partial charge is 0.323 e. The zero-order chi connectivity index (χ0) is 20.5. The first-order valence-corrected chi connectivity index (χ1v) is 8.59. The van der Waals surface area contributed by atoms with Crippen molar-refractivity contribution in [3.63, 3.8) is 0 Å². The minimum atomic E-state index is -0.845. The molecule has 3 rings (SSSR count). The molecule has 146 valence electrons. The maximum atomic E-state index is 14.3. The molecule has 0 radical (unpaired) electrons. The van der Waals surface area contributed by atoms with Gasteiger partial charge in [-0.2, -0.15) is 0 Å². The Labute approximate surface area is 159 Å². The van der Waals surface area contributed by atoms with Crippen molar-refractivity contribution in [1.82, 2.24) is 25.6 Å². The summed E-state index contributed by atoms with van der Waals surface area (Å²) in [6, 6.07) is 4.38. The number of carbonyl (C=O) groups is 2. The SMILES string of the molecule is Cc1[nH]c(=O)[nH]c1C(=O)NC(C)(C)CNC(=O)c1cc2cnccc2cc1F. The lowest BCUT2D eigenvalue weighted by Gasteiger charge is -2.26. The van der Waals surface area contributed by atoms with E-state index in [1.165, 1.54) is 12.1 Å². The Morgan fingerprint density at radius 3 is 2.61 bits per heavy atom. The van der Waals surface area contributed by atoms with Crippen molar-refractivity contribution in [3.05, 3.63) is 63.8 Å². The number of aromatic nitrogens is 3. The molecule has 8 nitrogen and oxygen atoms in total. The van der Waals surface area contributed by atoms with Gasteiger partial charge in [-0.25, -0.2) is 9.18 Å². The van der Waals surface area contributed by atoms with Gasteiger partial charge in [0.15, 0.2) is 0 Å². The monoisotopic (exact) mass is 385 g/mol. The molecule has 0 saturated heterocycles. The molecule has 0 bridgehead atoms. The maximum absolute atomic E-state index is 14.3. The average Bonchev–Trinajstić information content (AvgIpc) is 2.97. The molecule has 2 amide bonds. The van der Waals surface area contributed by atoms with Gasteiger partial charge in [-0.3, -0.25) is 14.6 Å². The first-order valence-electron chi connectivity index (χ1n) is 8.59. The molecule has 0 aliphatic heterocycles. The second-order valence-corrected chi connectivity index (χ2v) is 7.15. The molecule has 2 aromatic heterocycles. The Bertz CT molecular complexity index is 1120. The number of amides is 2. The Kier molecular flexibility index (Phi) is 5.00. The van der Waals surface area contributed by atoms with Gasteiger partial charge in [0.25, 0.3) is 11.8 Å². The Balaban J connectivity index is 1.69. The highest BCUT2D eigenvalue weighted by Crippen LogP contribution is 2.18. The van der Waals surface area contributed by atoms with Crippen molar-refractivity contribution in [2.24, 2.45) is 0 Å². The number of benzene rings is 1. The van der Waals surface area contributed by atoms with Crippen LogP contribution in [0.4, 0.5) is 4.39 Å². The predicted molar refractivity (Wildman–Crippen MR) is 102 cm³/mol. The lowest BCUT2D eigenvalue weighted by molar-refractivity contribution is 0.0876. The third-order valence-corrected chi connectivity index (χ3v) is 4.26. The van der Waals surface area contributed by atoms with E-state index in [9.17, 15) is 18.8 Å². The van der Waals surface area contributed by atoms with Crippen LogP contribution in [-0.2, 0) is 0 Å². The van der Waals surface area contributed by atoms with Crippen LogP contribution in [0.5, 0.6) is 0 Å². The van der Waals surface area contributed by atoms with Gasteiger partial charge in [-0.05, 0) is 44.4 Å². The van der Waals surface area contributed by atoms with E-state index in [1.807, 2.05) is 0 Å². The number of aromatic amines is 2. The van der Waals surface area contributed by atoms with Crippen LogP contribution >= 0.6 is 0 Å². The number of carbonyl (C=O) groups excluding carboxylic acids is 2. The summed E-state index contributed by atoms with van der Waals surface area (Å²) in [5, 5.41) is 6.65. The fourth-order valence-electron chi connectivity index (χ4n) is 2.79. The summed E-state index contributed by atoms with van der Waals surface area (Å²) in [5.41, 5.74) is -0.891. The highest BCUT2D eigenvalue weighted by Gasteiger charge is 2.25. The minimum absolute atomic E-state index is 0.0514. The Morgan fingerprint density at radius 2 is 1.93 bits per heavy atom. The summed E-state index contributed by atoms with van der Waals surface area (Å²) in [6.45, 7) is 5.05. The van der Waals surface area contributed by atoms with E-state index >= 15 is 0 Å². The summed E-state index contributed by atoms with van der Waals surface area (Å²) in [5.74, 6) is -1.73. The first kappa shape index (κ1) is 19.3. The molecule has 0 atom stereocenters. The Hall–Kier alpha value is -3.49. The highest BCUT2D eigenvalue weighted by atomic mass is 19.1. The fourth-order valence-corrected chi connectivity index (χ4v) is 2.79. The molecule has 0 unspecified atom stereocenters. The molecule has 9 heteroatoms. The first-order chi connectivity index (χ1) is 13.2. The number of imidazole rings is 1. The van der Waals surface area contributed by atoms with Crippen molar-refractivity contribution in [2.45, 2.75) is 26.3 Å².